The Kier molecular flexibility index (Phi) is 4.60. The van der Waals surface area contributed by atoms with Crippen molar-refractivity contribution in [2.45, 2.75) is 19.3 Å². The molecule has 1 heterocycles. The number of aryl methyl sites for hydroxylation is 1. The fourth-order valence-electron chi connectivity index (χ4n) is 3.23. The maximum atomic E-state index is 6.41. The number of allylic oxidation sites excluding steroid dienone is 1. The van der Waals surface area contributed by atoms with Crippen LogP contribution in [0.1, 0.15) is 29.7 Å². The van der Waals surface area contributed by atoms with Crippen molar-refractivity contribution < 1.29 is 0 Å². The molecule has 0 bridgehead atoms. The van der Waals surface area contributed by atoms with Gasteiger partial charge in [0.2, 0.25) is 0 Å². The highest BCUT2D eigenvalue weighted by Crippen LogP contribution is 2.35. The van der Waals surface area contributed by atoms with E-state index in [1.54, 1.807) is 6.07 Å². The normalized spacial score (nSPS) is 15.4. The minimum absolute atomic E-state index is 0.592. The van der Waals surface area contributed by atoms with Gasteiger partial charge in [0.25, 0.3) is 0 Å². The number of rotatable bonds is 2. The van der Waals surface area contributed by atoms with Crippen LogP contribution >= 0.6 is 34.8 Å². The van der Waals surface area contributed by atoms with E-state index >= 15 is 0 Å². The molecule has 2 aromatic carbocycles. The largest absolute Gasteiger partial charge is 0.232 e. The van der Waals surface area contributed by atoms with E-state index in [2.05, 4.69) is 11.2 Å². The highest BCUT2D eigenvalue weighted by atomic mass is 35.5. The van der Waals surface area contributed by atoms with Crippen molar-refractivity contribution in [2.24, 2.45) is 0 Å². The highest BCUT2D eigenvalue weighted by molar-refractivity contribution is 6.35. The minimum Gasteiger partial charge on any atom is -0.232 e. The van der Waals surface area contributed by atoms with Gasteiger partial charge in [-0.1, -0.05) is 46.9 Å². The van der Waals surface area contributed by atoms with Gasteiger partial charge in [-0.05, 0) is 72.4 Å². The molecule has 126 valence electrons. The fraction of sp³-hybridized carbons (Fsp3) is 0.150. The Morgan fingerprint density at radius 2 is 1.68 bits per heavy atom. The molecule has 0 radical (unpaired) electrons. The van der Waals surface area contributed by atoms with Gasteiger partial charge in [-0.25, -0.2) is 4.68 Å². The predicted molar refractivity (Wildman–Crippen MR) is 106 cm³/mol. The van der Waals surface area contributed by atoms with Crippen molar-refractivity contribution in [3.8, 4) is 5.69 Å². The van der Waals surface area contributed by atoms with Gasteiger partial charge in [0.05, 0.1) is 22.6 Å². The van der Waals surface area contributed by atoms with E-state index < -0.39 is 0 Å². The van der Waals surface area contributed by atoms with Crippen molar-refractivity contribution in [1.82, 2.24) is 9.78 Å². The number of benzene rings is 2. The lowest BCUT2D eigenvalue weighted by atomic mass is 9.91. The minimum atomic E-state index is 0.592. The molecule has 1 aliphatic rings. The van der Waals surface area contributed by atoms with Crippen LogP contribution in [0.4, 0.5) is 0 Å². The smallest absolute Gasteiger partial charge is 0.0840 e. The van der Waals surface area contributed by atoms with Crippen LogP contribution in [-0.4, -0.2) is 9.78 Å². The Morgan fingerprint density at radius 3 is 2.44 bits per heavy atom. The first kappa shape index (κ1) is 16.7. The van der Waals surface area contributed by atoms with Gasteiger partial charge in [0.1, 0.15) is 0 Å². The molecule has 0 N–H and O–H groups in total. The summed E-state index contributed by atoms with van der Waals surface area (Å²) in [6, 6.07) is 13.4. The second kappa shape index (κ2) is 6.87. The molecule has 0 amide bonds. The molecule has 25 heavy (non-hydrogen) atoms. The second-order valence-electron chi connectivity index (χ2n) is 6.10. The summed E-state index contributed by atoms with van der Waals surface area (Å²) in [5.74, 6) is 0. The van der Waals surface area contributed by atoms with Crippen molar-refractivity contribution in [2.75, 3.05) is 0 Å². The molecule has 4 rings (SSSR count). The summed E-state index contributed by atoms with van der Waals surface area (Å²) in [6.45, 7) is 0. The molecular formula is C20H15Cl3N2. The third kappa shape index (κ3) is 3.35. The molecule has 0 saturated carbocycles. The third-order valence-corrected chi connectivity index (χ3v) is 5.18. The summed E-state index contributed by atoms with van der Waals surface area (Å²) in [5, 5.41) is 6.54. The lowest BCUT2D eigenvalue weighted by molar-refractivity contribution is 0.796. The molecule has 0 saturated heterocycles. The molecule has 5 heteroatoms. The predicted octanol–water partition coefficient (Wildman–Crippen LogP) is 6.71. The lowest BCUT2D eigenvalue weighted by Crippen LogP contribution is -2.07. The maximum Gasteiger partial charge on any atom is 0.0840 e. The van der Waals surface area contributed by atoms with Crippen LogP contribution in [0.15, 0.2) is 48.7 Å². The summed E-state index contributed by atoms with van der Waals surface area (Å²) < 4.78 is 1.93. The van der Waals surface area contributed by atoms with Crippen molar-refractivity contribution >= 4 is 46.5 Å². The SMILES string of the molecule is Clc1ccc(/C=C2/CCCc3cnn(-c4ccc(Cl)cc4Cl)c32)cc1. The molecule has 3 aromatic rings. The van der Waals surface area contributed by atoms with E-state index in [-0.39, 0.29) is 0 Å². The second-order valence-corrected chi connectivity index (χ2v) is 7.38. The molecule has 0 spiro atoms. The summed E-state index contributed by atoms with van der Waals surface area (Å²) in [5.41, 5.74) is 5.61. The van der Waals surface area contributed by atoms with E-state index in [4.69, 9.17) is 34.8 Å². The summed E-state index contributed by atoms with van der Waals surface area (Å²) in [7, 11) is 0. The van der Waals surface area contributed by atoms with Gasteiger partial charge in [-0.15, -0.1) is 0 Å². The molecular weight excluding hydrogens is 375 g/mol. The summed E-state index contributed by atoms with van der Waals surface area (Å²) in [6.07, 6.45) is 7.29. The summed E-state index contributed by atoms with van der Waals surface area (Å²) >= 11 is 18.4. The molecule has 0 aliphatic heterocycles. The van der Waals surface area contributed by atoms with Crippen LogP contribution < -0.4 is 0 Å². The molecule has 0 unspecified atom stereocenters. The number of halogens is 3. The average molecular weight is 390 g/mol. The van der Waals surface area contributed by atoms with Gasteiger partial charge < -0.3 is 0 Å². The van der Waals surface area contributed by atoms with E-state index in [1.165, 1.54) is 11.1 Å². The quantitative estimate of drug-likeness (QED) is 0.476. The Labute approximate surface area is 161 Å². The zero-order valence-electron chi connectivity index (χ0n) is 13.3. The number of hydrogen-bond donors (Lipinski definition) is 0. The Balaban J connectivity index is 1.83. The highest BCUT2D eigenvalue weighted by Gasteiger charge is 2.21. The van der Waals surface area contributed by atoms with E-state index in [0.29, 0.717) is 10.0 Å². The van der Waals surface area contributed by atoms with Crippen LogP contribution in [-0.2, 0) is 6.42 Å². The van der Waals surface area contributed by atoms with Crippen molar-refractivity contribution in [3.63, 3.8) is 0 Å². The first-order valence-corrected chi connectivity index (χ1v) is 9.24. The van der Waals surface area contributed by atoms with Crippen LogP contribution in [0.2, 0.25) is 15.1 Å². The summed E-state index contributed by atoms with van der Waals surface area (Å²) in [4.78, 5) is 0. The van der Waals surface area contributed by atoms with Gasteiger partial charge in [0.15, 0.2) is 0 Å². The van der Waals surface area contributed by atoms with E-state index in [1.807, 2.05) is 47.3 Å². The van der Waals surface area contributed by atoms with Gasteiger partial charge in [-0.2, -0.15) is 5.10 Å². The zero-order chi connectivity index (χ0) is 17.4. The molecule has 0 fully saturated rings. The maximum absolute atomic E-state index is 6.41. The number of nitrogens with zero attached hydrogens (tertiary/aromatic N) is 2. The topological polar surface area (TPSA) is 17.8 Å². The molecule has 1 aromatic heterocycles. The van der Waals surface area contributed by atoms with E-state index in [9.17, 15) is 0 Å². The van der Waals surface area contributed by atoms with Crippen LogP contribution in [0.5, 0.6) is 0 Å². The first-order chi connectivity index (χ1) is 12.1. The number of hydrogen-bond acceptors (Lipinski definition) is 1. The van der Waals surface area contributed by atoms with E-state index in [0.717, 1.165) is 41.2 Å². The van der Waals surface area contributed by atoms with Crippen LogP contribution in [0.25, 0.3) is 17.3 Å². The zero-order valence-corrected chi connectivity index (χ0v) is 15.6. The van der Waals surface area contributed by atoms with Crippen molar-refractivity contribution in [1.29, 1.82) is 0 Å². The van der Waals surface area contributed by atoms with Gasteiger partial charge >= 0.3 is 0 Å². The Hall–Kier alpha value is -1.74. The van der Waals surface area contributed by atoms with Crippen LogP contribution in [0.3, 0.4) is 0 Å². The third-order valence-electron chi connectivity index (χ3n) is 4.39. The van der Waals surface area contributed by atoms with Crippen LogP contribution in [0, 0.1) is 0 Å². The molecule has 0 atom stereocenters. The number of fused-ring (bicyclic) bond motifs is 1. The van der Waals surface area contributed by atoms with Gasteiger partial charge in [-0.3, -0.25) is 0 Å². The van der Waals surface area contributed by atoms with Gasteiger partial charge in [0, 0.05) is 10.0 Å². The standard InChI is InChI=1S/C20H15Cl3N2/c21-16-6-4-13(5-7-16)10-14-2-1-3-15-12-24-25(20(14)15)19-9-8-17(22)11-18(19)23/h4-12H,1-3H2/b14-10-. The number of aromatic nitrogens is 2. The fourth-order valence-corrected chi connectivity index (χ4v) is 3.85. The average Bonchev–Trinajstić information content (AvgIpc) is 3.02. The Morgan fingerprint density at radius 1 is 0.920 bits per heavy atom. The monoisotopic (exact) mass is 388 g/mol. The lowest BCUT2D eigenvalue weighted by Gasteiger charge is -2.18. The van der Waals surface area contributed by atoms with Crippen molar-refractivity contribution in [3.05, 3.63) is 80.6 Å². The Bertz CT molecular complexity index is 956. The molecule has 1 aliphatic carbocycles. The first-order valence-electron chi connectivity index (χ1n) is 8.10. The molecule has 2 nitrogen and oxygen atoms in total.